The molecule has 0 atom stereocenters. The van der Waals surface area contributed by atoms with Gasteiger partial charge in [-0.05, 0) is 36.5 Å². The number of rotatable bonds is 6. The summed E-state index contributed by atoms with van der Waals surface area (Å²) >= 11 is 5.59. The van der Waals surface area contributed by atoms with Gasteiger partial charge in [-0.3, -0.25) is 0 Å². The summed E-state index contributed by atoms with van der Waals surface area (Å²) in [5.41, 5.74) is 1.36. The van der Waals surface area contributed by atoms with Crippen LogP contribution in [-0.2, 0) is 11.3 Å². The predicted octanol–water partition coefficient (Wildman–Crippen LogP) is -1.81. The molecule has 0 aliphatic carbocycles. The Morgan fingerprint density at radius 2 is 1.81 bits per heavy atom. The molecule has 0 radical (unpaired) electrons. The smallest absolute Gasteiger partial charge is 0.169 e. The first-order chi connectivity index (χ1) is 12.7. The number of morpholine rings is 1. The first-order valence-corrected chi connectivity index (χ1v) is 10.1. The van der Waals surface area contributed by atoms with Crippen molar-refractivity contribution in [1.29, 1.82) is 0 Å². The molecule has 0 spiro atoms. The Balaban J connectivity index is 1.33. The highest BCUT2D eigenvalue weighted by Gasteiger charge is 2.22. The SMILES string of the molecule is COc1ccc(C[NH+]2CCN(C(=S)NCC[NH+]3CCOCC3)CC2)cc1. The van der Waals surface area contributed by atoms with Gasteiger partial charge in [-0.25, -0.2) is 0 Å². The molecule has 2 saturated heterocycles. The van der Waals surface area contributed by atoms with Gasteiger partial charge in [0.05, 0.1) is 59.6 Å². The largest absolute Gasteiger partial charge is 0.497 e. The minimum Gasteiger partial charge on any atom is -0.497 e. The average molecular weight is 381 g/mol. The van der Waals surface area contributed by atoms with E-state index in [0.717, 1.165) is 83.0 Å². The number of benzene rings is 1. The van der Waals surface area contributed by atoms with Gasteiger partial charge in [-0.1, -0.05) is 0 Å². The Labute approximate surface area is 162 Å². The maximum Gasteiger partial charge on any atom is 0.169 e. The number of hydrogen-bond acceptors (Lipinski definition) is 3. The molecule has 0 bridgehead atoms. The van der Waals surface area contributed by atoms with E-state index >= 15 is 0 Å². The summed E-state index contributed by atoms with van der Waals surface area (Å²) in [5, 5.41) is 4.37. The van der Waals surface area contributed by atoms with Crippen LogP contribution in [0, 0.1) is 0 Å². The Kier molecular flexibility index (Phi) is 7.49. The second-order valence-electron chi connectivity index (χ2n) is 7.11. The van der Waals surface area contributed by atoms with E-state index in [1.807, 2.05) is 12.1 Å². The fourth-order valence-electron chi connectivity index (χ4n) is 3.60. The lowest BCUT2D eigenvalue weighted by Crippen LogP contribution is -3.14. The zero-order chi connectivity index (χ0) is 18.2. The van der Waals surface area contributed by atoms with Gasteiger partial charge in [0.25, 0.3) is 0 Å². The van der Waals surface area contributed by atoms with Crippen molar-refractivity contribution >= 4 is 17.3 Å². The maximum atomic E-state index is 5.59. The minimum absolute atomic E-state index is 0.888. The van der Waals surface area contributed by atoms with E-state index in [1.165, 1.54) is 5.56 Å². The molecular weight excluding hydrogens is 348 g/mol. The summed E-state index contributed by atoms with van der Waals surface area (Å²) in [6.07, 6.45) is 0. The number of hydrogen-bond donors (Lipinski definition) is 3. The Bertz CT molecular complexity index is 555. The molecule has 2 aliphatic rings. The van der Waals surface area contributed by atoms with Crippen LogP contribution >= 0.6 is 12.2 Å². The minimum atomic E-state index is 0.888. The van der Waals surface area contributed by atoms with Crippen LogP contribution in [0.2, 0.25) is 0 Å². The van der Waals surface area contributed by atoms with Crippen molar-refractivity contribution in [3.63, 3.8) is 0 Å². The van der Waals surface area contributed by atoms with Crippen LogP contribution in [0.15, 0.2) is 24.3 Å². The van der Waals surface area contributed by atoms with Crippen LogP contribution in [0.1, 0.15) is 5.56 Å². The van der Waals surface area contributed by atoms with Crippen LogP contribution in [0.3, 0.4) is 0 Å². The van der Waals surface area contributed by atoms with E-state index in [0.29, 0.717) is 0 Å². The molecule has 1 aromatic rings. The number of ether oxygens (including phenoxy) is 2. The molecule has 7 heteroatoms. The molecule has 0 saturated carbocycles. The van der Waals surface area contributed by atoms with Gasteiger partial charge < -0.3 is 29.5 Å². The number of nitrogens with zero attached hydrogens (tertiary/aromatic N) is 1. The van der Waals surface area contributed by atoms with Crippen molar-refractivity contribution in [2.24, 2.45) is 0 Å². The maximum absolute atomic E-state index is 5.59. The summed E-state index contributed by atoms with van der Waals surface area (Å²) in [6, 6.07) is 8.41. The number of thiocarbonyl (C=S) groups is 1. The summed E-state index contributed by atoms with van der Waals surface area (Å²) < 4.78 is 10.6. The van der Waals surface area contributed by atoms with E-state index in [9.17, 15) is 0 Å². The van der Waals surface area contributed by atoms with E-state index < -0.39 is 0 Å². The van der Waals surface area contributed by atoms with Gasteiger partial charge in [0.1, 0.15) is 25.4 Å². The van der Waals surface area contributed by atoms with Crippen LogP contribution < -0.4 is 19.9 Å². The van der Waals surface area contributed by atoms with Gasteiger partial charge in [0.2, 0.25) is 0 Å². The Morgan fingerprint density at radius 1 is 1.12 bits per heavy atom. The molecule has 144 valence electrons. The second kappa shape index (κ2) is 10.1. The summed E-state index contributed by atoms with van der Waals surface area (Å²) in [4.78, 5) is 5.55. The third-order valence-electron chi connectivity index (χ3n) is 5.33. The van der Waals surface area contributed by atoms with Gasteiger partial charge in [-0.15, -0.1) is 0 Å². The fraction of sp³-hybridized carbons (Fsp3) is 0.632. The van der Waals surface area contributed by atoms with E-state index in [-0.39, 0.29) is 0 Å². The van der Waals surface area contributed by atoms with Crippen molar-refractivity contribution in [3.05, 3.63) is 29.8 Å². The average Bonchev–Trinajstić information content (AvgIpc) is 2.70. The first kappa shape index (κ1) is 19.4. The molecule has 2 aliphatic heterocycles. The standard InChI is InChI=1S/C19H30N4O2S/c1-24-18-4-2-17(3-5-18)16-22-8-10-23(11-9-22)19(26)20-6-7-21-12-14-25-15-13-21/h2-5H,6-16H2,1H3,(H,20,26)/p+2. The van der Waals surface area contributed by atoms with Gasteiger partial charge in [0.15, 0.2) is 5.11 Å². The highest BCUT2D eigenvalue weighted by molar-refractivity contribution is 7.80. The van der Waals surface area contributed by atoms with Gasteiger partial charge >= 0.3 is 0 Å². The highest BCUT2D eigenvalue weighted by Crippen LogP contribution is 2.10. The number of methoxy groups -OCH3 is 1. The molecule has 2 fully saturated rings. The van der Waals surface area contributed by atoms with Crippen molar-refractivity contribution in [1.82, 2.24) is 10.2 Å². The lowest BCUT2D eigenvalue weighted by atomic mass is 10.2. The molecule has 1 aromatic carbocycles. The fourth-order valence-corrected chi connectivity index (χ4v) is 3.89. The Hall–Kier alpha value is -1.41. The molecule has 0 unspecified atom stereocenters. The summed E-state index contributed by atoms with van der Waals surface area (Å²) in [7, 11) is 1.71. The highest BCUT2D eigenvalue weighted by atomic mass is 32.1. The Morgan fingerprint density at radius 3 is 2.46 bits per heavy atom. The zero-order valence-corrected chi connectivity index (χ0v) is 16.6. The summed E-state index contributed by atoms with van der Waals surface area (Å²) in [5.74, 6) is 0.920. The molecule has 2 heterocycles. The molecule has 3 N–H and O–H groups in total. The van der Waals surface area contributed by atoms with E-state index in [4.69, 9.17) is 21.7 Å². The second-order valence-corrected chi connectivity index (χ2v) is 7.49. The van der Waals surface area contributed by atoms with Crippen LogP contribution in [0.4, 0.5) is 0 Å². The lowest BCUT2D eigenvalue weighted by Gasteiger charge is -2.34. The lowest BCUT2D eigenvalue weighted by molar-refractivity contribution is -0.917. The van der Waals surface area contributed by atoms with Crippen LogP contribution in [0.25, 0.3) is 0 Å². The van der Waals surface area contributed by atoms with Gasteiger partial charge in [-0.2, -0.15) is 0 Å². The third kappa shape index (κ3) is 5.81. The van der Waals surface area contributed by atoms with E-state index in [2.05, 4.69) is 22.3 Å². The zero-order valence-electron chi connectivity index (χ0n) is 15.8. The predicted molar refractivity (Wildman–Crippen MR) is 106 cm³/mol. The molecule has 0 amide bonds. The topological polar surface area (TPSA) is 42.6 Å². The van der Waals surface area contributed by atoms with Crippen molar-refractivity contribution < 1.29 is 19.3 Å². The molecule has 0 aromatic heterocycles. The molecule has 3 rings (SSSR count). The normalized spacial score (nSPS) is 19.3. The first-order valence-electron chi connectivity index (χ1n) is 9.65. The number of quaternary nitrogens is 2. The monoisotopic (exact) mass is 380 g/mol. The van der Waals surface area contributed by atoms with E-state index in [1.54, 1.807) is 16.9 Å². The molecular formula is C19H32N4O2S+2. The molecule has 26 heavy (non-hydrogen) atoms. The van der Waals surface area contributed by atoms with Crippen molar-refractivity contribution in [3.8, 4) is 5.75 Å². The van der Waals surface area contributed by atoms with Crippen LogP contribution in [-0.4, -0.2) is 82.7 Å². The van der Waals surface area contributed by atoms with Crippen LogP contribution in [0.5, 0.6) is 5.75 Å². The molecule has 6 nitrogen and oxygen atoms in total. The third-order valence-corrected chi connectivity index (χ3v) is 5.73. The number of nitrogens with one attached hydrogen (secondary N) is 3. The van der Waals surface area contributed by atoms with Crippen molar-refractivity contribution in [2.45, 2.75) is 6.54 Å². The number of piperazine rings is 1. The summed E-state index contributed by atoms with van der Waals surface area (Å²) in [6.45, 7) is 11.5. The van der Waals surface area contributed by atoms with Gasteiger partial charge in [0, 0.05) is 5.56 Å². The van der Waals surface area contributed by atoms with Crippen molar-refractivity contribution in [2.75, 3.05) is 72.7 Å². The quantitative estimate of drug-likeness (QED) is 0.508.